The molecule has 0 bridgehead atoms. The number of rotatable bonds is 7. The Morgan fingerprint density at radius 2 is 1.70 bits per heavy atom. The zero-order chi connectivity index (χ0) is 15.9. The molecule has 0 aliphatic heterocycles. The summed E-state index contributed by atoms with van der Waals surface area (Å²) in [6.45, 7) is 9.36. The molecule has 0 aromatic heterocycles. The van der Waals surface area contributed by atoms with E-state index in [9.17, 15) is 14.7 Å². The Morgan fingerprint density at radius 1 is 1.15 bits per heavy atom. The predicted molar refractivity (Wildman–Crippen MR) is 79.8 cm³/mol. The van der Waals surface area contributed by atoms with Crippen LogP contribution in [0.25, 0.3) is 0 Å². The molecule has 0 aliphatic rings. The molecule has 0 radical (unpaired) electrons. The van der Waals surface area contributed by atoms with E-state index in [4.69, 9.17) is 0 Å². The Bertz CT molecular complexity index is 324. The van der Waals surface area contributed by atoms with E-state index in [0.717, 1.165) is 13.0 Å². The van der Waals surface area contributed by atoms with Gasteiger partial charge in [0, 0.05) is 19.6 Å². The third-order valence-corrected chi connectivity index (χ3v) is 2.98. The molecule has 0 unspecified atom stereocenters. The quantitative estimate of drug-likeness (QED) is 0.743. The SMILES string of the molecule is CCCN(CCN(C)C)C(=O)N[C@@H](C(=O)O)C(C)(C)C. The lowest BCUT2D eigenvalue weighted by Gasteiger charge is -2.31. The van der Waals surface area contributed by atoms with E-state index in [2.05, 4.69) is 5.32 Å². The molecule has 0 heterocycles. The van der Waals surface area contributed by atoms with E-state index in [0.29, 0.717) is 13.1 Å². The minimum absolute atomic E-state index is 0.309. The Labute approximate surface area is 122 Å². The number of hydrogen-bond acceptors (Lipinski definition) is 3. The van der Waals surface area contributed by atoms with Crippen LogP contribution in [0.15, 0.2) is 0 Å². The Morgan fingerprint density at radius 3 is 2.05 bits per heavy atom. The minimum Gasteiger partial charge on any atom is -0.480 e. The molecule has 1 atom stereocenters. The maximum Gasteiger partial charge on any atom is 0.326 e. The topological polar surface area (TPSA) is 72.9 Å². The highest BCUT2D eigenvalue weighted by Crippen LogP contribution is 2.19. The van der Waals surface area contributed by atoms with Crippen LogP contribution in [0, 0.1) is 5.41 Å². The number of nitrogens with zero attached hydrogens (tertiary/aromatic N) is 2. The van der Waals surface area contributed by atoms with Crippen LogP contribution in [0.4, 0.5) is 4.79 Å². The second-order valence-corrected chi connectivity index (χ2v) is 6.38. The summed E-state index contributed by atoms with van der Waals surface area (Å²) in [4.78, 5) is 27.2. The summed E-state index contributed by atoms with van der Waals surface area (Å²) < 4.78 is 0. The lowest BCUT2D eigenvalue weighted by molar-refractivity contribution is -0.142. The molecule has 0 aromatic carbocycles. The fourth-order valence-electron chi connectivity index (χ4n) is 1.77. The Hall–Kier alpha value is -1.30. The number of nitrogens with one attached hydrogen (secondary N) is 1. The smallest absolute Gasteiger partial charge is 0.326 e. The van der Waals surface area contributed by atoms with Crippen LogP contribution in [-0.4, -0.2) is 66.7 Å². The van der Waals surface area contributed by atoms with Crippen LogP contribution in [0.5, 0.6) is 0 Å². The normalized spacial score (nSPS) is 13.2. The largest absolute Gasteiger partial charge is 0.480 e. The second kappa shape index (κ2) is 8.09. The number of hydrogen-bond donors (Lipinski definition) is 2. The molecule has 2 amide bonds. The van der Waals surface area contributed by atoms with Crippen LogP contribution >= 0.6 is 0 Å². The fraction of sp³-hybridized carbons (Fsp3) is 0.857. The zero-order valence-electron chi connectivity index (χ0n) is 13.6. The van der Waals surface area contributed by atoms with Crippen LogP contribution in [0.3, 0.4) is 0 Å². The highest BCUT2D eigenvalue weighted by Gasteiger charge is 2.33. The number of carbonyl (C=O) groups excluding carboxylic acids is 1. The molecule has 0 aliphatic carbocycles. The molecule has 6 heteroatoms. The van der Waals surface area contributed by atoms with Crippen molar-refractivity contribution in [1.29, 1.82) is 0 Å². The minimum atomic E-state index is -1.00. The molecule has 0 aromatic rings. The highest BCUT2D eigenvalue weighted by molar-refractivity contribution is 5.83. The van der Waals surface area contributed by atoms with Gasteiger partial charge in [-0.15, -0.1) is 0 Å². The van der Waals surface area contributed by atoms with Gasteiger partial charge >= 0.3 is 12.0 Å². The van der Waals surface area contributed by atoms with Gasteiger partial charge < -0.3 is 20.2 Å². The van der Waals surface area contributed by atoms with E-state index in [1.807, 2.05) is 25.9 Å². The summed E-state index contributed by atoms with van der Waals surface area (Å²) in [5.74, 6) is -1.00. The Kier molecular flexibility index (Phi) is 7.57. The summed E-state index contributed by atoms with van der Waals surface area (Å²) in [6.07, 6.45) is 0.841. The predicted octanol–water partition coefficient (Wildman–Crippen LogP) is 1.47. The van der Waals surface area contributed by atoms with Gasteiger partial charge in [-0.05, 0) is 25.9 Å². The Balaban J connectivity index is 4.75. The van der Waals surface area contributed by atoms with Gasteiger partial charge in [0.05, 0.1) is 0 Å². The molecule has 0 rings (SSSR count). The highest BCUT2D eigenvalue weighted by atomic mass is 16.4. The molecule has 20 heavy (non-hydrogen) atoms. The van der Waals surface area contributed by atoms with Gasteiger partial charge in [-0.1, -0.05) is 27.7 Å². The van der Waals surface area contributed by atoms with Crippen molar-refractivity contribution in [1.82, 2.24) is 15.1 Å². The van der Waals surface area contributed by atoms with Crippen molar-refractivity contribution in [3.63, 3.8) is 0 Å². The van der Waals surface area contributed by atoms with Gasteiger partial charge in [0.2, 0.25) is 0 Å². The van der Waals surface area contributed by atoms with E-state index < -0.39 is 17.4 Å². The van der Waals surface area contributed by atoms with Gasteiger partial charge in [0.1, 0.15) is 6.04 Å². The zero-order valence-corrected chi connectivity index (χ0v) is 13.6. The van der Waals surface area contributed by atoms with Crippen LogP contribution < -0.4 is 5.32 Å². The van der Waals surface area contributed by atoms with E-state index in [-0.39, 0.29) is 6.03 Å². The number of carbonyl (C=O) groups is 2. The standard InChI is InChI=1S/C14H29N3O3/c1-7-8-17(10-9-16(5)6)13(20)15-11(12(18)19)14(2,3)4/h11H,7-10H2,1-6H3,(H,15,20)(H,18,19)/t11-/m0/s1. The molecular formula is C14H29N3O3. The first kappa shape index (κ1) is 18.7. The lowest BCUT2D eigenvalue weighted by atomic mass is 9.87. The molecular weight excluding hydrogens is 258 g/mol. The molecule has 0 saturated carbocycles. The van der Waals surface area contributed by atoms with Crippen LogP contribution in [0.2, 0.25) is 0 Å². The number of carboxylic acids is 1. The van der Waals surface area contributed by atoms with Crippen molar-refractivity contribution < 1.29 is 14.7 Å². The second-order valence-electron chi connectivity index (χ2n) is 6.38. The van der Waals surface area contributed by atoms with Gasteiger partial charge in [0.15, 0.2) is 0 Å². The van der Waals surface area contributed by atoms with Crippen molar-refractivity contribution in [2.45, 2.75) is 40.2 Å². The molecule has 118 valence electrons. The third kappa shape index (κ3) is 6.75. The van der Waals surface area contributed by atoms with Gasteiger partial charge in [-0.25, -0.2) is 9.59 Å². The first-order valence-corrected chi connectivity index (χ1v) is 7.02. The molecule has 0 saturated heterocycles. The van der Waals surface area contributed by atoms with E-state index in [1.54, 1.807) is 25.7 Å². The number of aliphatic carboxylic acids is 1. The van der Waals surface area contributed by atoms with Crippen LogP contribution in [0.1, 0.15) is 34.1 Å². The summed E-state index contributed by atoms with van der Waals surface area (Å²) in [6, 6.07) is -1.20. The van der Waals surface area contributed by atoms with Gasteiger partial charge in [0.25, 0.3) is 0 Å². The fourth-order valence-corrected chi connectivity index (χ4v) is 1.77. The average molecular weight is 287 g/mol. The number of urea groups is 1. The van der Waals surface area contributed by atoms with Crippen LogP contribution in [-0.2, 0) is 4.79 Å². The van der Waals surface area contributed by atoms with Crippen molar-refractivity contribution in [3.05, 3.63) is 0 Å². The van der Waals surface area contributed by atoms with Gasteiger partial charge in [-0.2, -0.15) is 0 Å². The van der Waals surface area contributed by atoms with Crippen molar-refractivity contribution in [2.24, 2.45) is 5.41 Å². The van der Waals surface area contributed by atoms with E-state index >= 15 is 0 Å². The lowest BCUT2D eigenvalue weighted by Crippen LogP contribution is -2.54. The molecule has 0 spiro atoms. The summed E-state index contributed by atoms with van der Waals surface area (Å²) in [5, 5.41) is 11.9. The molecule has 6 nitrogen and oxygen atoms in total. The maximum absolute atomic E-state index is 12.2. The summed E-state index contributed by atoms with van der Waals surface area (Å²) in [7, 11) is 3.88. The monoisotopic (exact) mass is 287 g/mol. The van der Waals surface area contributed by atoms with E-state index in [1.165, 1.54) is 0 Å². The summed E-state index contributed by atoms with van der Waals surface area (Å²) >= 11 is 0. The number of amides is 2. The maximum atomic E-state index is 12.2. The van der Waals surface area contributed by atoms with Crippen molar-refractivity contribution >= 4 is 12.0 Å². The first-order chi connectivity index (χ1) is 9.09. The van der Waals surface area contributed by atoms with Crippen molar-refractivity contribution in [3.8, 4) is 0 Å². The van der Waals surface area contributed by atoms with Crippen molar-refractivity contribution in [2.75, 3.05) is 33.7 Å². The molecule has 2 N–H and O–H groups in total. The number of carboxylic acid groups (broad SMARTS) is 1. The van der Waals surface area contributed by atoms with Gasteiger partial charge in [-0.3, -0.25) is 0 Å². The number of likely N-dealkylation sites (N-methyl/N-ethyl adjacent to an activating group) is 1. The third-order valence-electron chi connectivity index (χ3n) is 2.98. The first-order valence-electron chi connectivity index (χ1n) is 7.02. The average Bonchev–Trinajstić information content (AvgIpc) is 2.28. The molecule has 0 fully saturated rings. The summed E-state index contributed by atoms with van der Waals surface area (Å²) in [5.41, 5.74) is -0.527.